The van der Waals surface area contributed by atoms with Crippen LogP contribution in [0.3, 0.4) is 0 Å². The summed E-state index contributed by atoms with van der Waals surface area (Å²) in [6.07, 6.45) is 2.21. The first kappa shape index (κ1) is 25.1. The third-order valence-electron chi connectivity index (χ3n) is 5.13. The van der Waals surface area contributed by atoms with Crippen LogP contribution in [0.2, 0.25) is 0 Å². The van der Waals surface area contributed by atoms with Gasteiger partial charge in [-0.15, -0.1) is 0 Å². The maximum atomic E-state index is 12.1. The maximum absolute atomic E-state index is 12.1. The quantitative estimate of drug-likeness (QED) is 0.342. The van der Waals surface area contributed by atoms with E-state index in [1.807, 2.05) is 64.2 Å². The van der Waals surface area contributed by atoms with E-state index >= 15 is 0 Å². The molecule has 0 aliphatic heterocycles. The molecule has 0 saturated carbocycles. The number of carbonyl (C=O) groups is 2. The minimum atomic E-state index is -0.917. The molecule has 2 aromatic carbocycles. The van der Waals surface area contributed by atoms with Gasteiger partial charge in [0.2, 0.25) is 0 Å². The minimum absolute atomic E-state index is 0.124. The molecule has 182 valence electrons. The molecule has 1 amide bonds. The number of benzene rings is 2. The Morgan fingerprint density at radius 2 is 1.85 bits per heavy atom. The Hall–Kier alpha value is -3.52. The van der Waals surface area contributed by atoms with Crippen molar-refractivity contribution in [3.05, 3.63) is 59.8 Å². The van der Waals surface area contributed by atoms with Crippen LogP contribution in [0.25, 0.3) is 10.9 Å². The first-order valence-electron chi connectivity index (χ1n) is 11.4. The topological polar surface area (TPSA) is 113 Å². The highest BCUT2D eigenvalue weighted by Crippen LogP contribution is 2.29. The Balaban J connectivity index is 1.65. The van der Waals surface area contributed by atoms with Crippen LogP contribution >= 0.6 is 0 Å². The zero-order valence-electron chi connectivity index (χ0n) is 20.1. The van der Waals surface area contributed by atoms with Gasteiger partial charge in [0.25, 0.3) is 5.91 Å². The van der Waals surface area contributed by atoms with Gasteiger partial charge in [-0.25, -0.2) is 0 Å². The molecule has 3 aromatic rings. The van der Waals surface area contributed by atoms with Crippen molar-refractivity contribution in [3.8, 4) is 11.5 Å². The van der Waals surface area contributed by atoms with Crippen LogP contribution in [0.4, 0.5) is 0 Å². The lowest BCUT2D eigenvalue weighted by Crippen LogP contribution is -2.43. The fourth-order valence-corrected chi connectivity index (χ4v) is 3.66. The average molecular weight is 468 g/mol. The van der Waals surface area contributed by atoms with E-state index in [2.05, 4.69) is 15.6 Å². The summed E-state index contributed by atoms with van der Waals surface area (Å²) in [5.74, 6) is -0.167. The van der Waals surface area contributed by atoms with Gasteiger partial charge >= 0.3 is 5.97 Å². The van der Waals surface area contributed by atoms with Gasteiger partial charge in [0.05, 0.1) is 6.61 Å². The Labute approximate surface area is 199 Å². The van der Waals surface area contributed by atoms with Gasteiger partial charge in [-0.3, -0.25) is 9.59 Å². The van der Waals surface area contributed by atoms with Crippen molar-refractivity contribution in [2.24, 2.45) is 0 Å². The lowest BCUT2D eigenvalue weighted by atomic mass is 10.0. The molecule has 0 radical (unpaired) electrons. The van der Waals surface area contributed by atoms with Crippen LogP contribution in [-0.4, -0.2) is 46.8 Å². The van der Waals surface area contributed by atoms with E-state index in [9.17, 15) is 14.7 Å². The molecule has 0 unspecified atom stereocenters. The van der Waals surface area contributed by atoms with E-state index in [1.54, 1.807) is 12.1 Å². The second kappa shape index (κ2) is 11.1. The highest BCUT2D eigenvalue weighted by atomic mass is 16.5. The molecular weight excluding hydrogens is 434 g/mol. The molecule has 0 fully saturated rings. The minimum Gasteiger partial charge on any atom is -0.490 e. The maximum Gasteiger partial charge on any atom is 0.321 e. The average Bonchev–Trinajstić information content (AvgIpc) is 3.17. The van der Waals surface area contributed by atoms with Crippen LogP contribution < -0.4 is 20.1 Å². The lowest BCUT2D eigenvalue weighted by Gasteiger charge is -2.21. The Kier molecular flexibility index (Phi) is 8.17. The van der Waals surface area contributed by atoms with Crippen molar-refractivity contribution in [3.63, 3.8) is 0 Å². The molecule has 4 N–H and O–H groups in total. The fraction of sp³-hybridized carbons (Fsp3) is 0.385. The third kappa shape index (κ3) is 6.99. The first-order chi connectivity index (χ1) is 16.2. The van der Waals surface area contributed by atoms with Gasteiger partial charge in [-0.05, 0) is 57.0 Å². The molecule has 3 rings (SSSR count). The number of H-pyrrole nitrogens is 1. The zero-order chi connectivity index (χ0) is 24.7. The van der Waals surface area contributed by atoms with E-state index in [4.69, 9.17) is 9.47 Å². The summed E-state index contributed by atoms with van der Waals surface area (Å²) < 4.78 is 11.4. The summed E-state index contributed by atoms with van der Waals surface area (Å²) in [5, 5.41) is 16.8. The summed E-state index contributed by atoms with van der Waals surface area (Å²) in [5.41, 5.74) is 2.43. The standard InChI is InChI=1S/C26H33N3O5/c1-5-33-23-12-17(10-11-22(23)34-16-24(30)29-26(2,3)4)14-27-21(25(31)32)13-18-15-28-20-9-7-6-8-19(18)20/h6-12,15,21,27-28H,5,13-14,16H2,1-4H3,(H,29,30)(H,31,32)/t21-/m0/s1. The number of rotatable bonds is 11. The van der Waals surface area contributed by atoms with Crippen molar-refractivity contribution < 1.29 is 24.2 Å². The van der Waals surface area contributed by atoms with Gasteiger partial charge in [0, 0.05) is 35.6 Å². The number of carboxylic acids is 1. The predicted octanol–water partition coefficient (Wildman–Crippen LogP) is 3.65. The van der Waals surface area contributed by atoms with Crippen LogP contribution in [0, 0.1) is 0 Å². The normalized spacial score (nSPS) is 12.4. The van der Waals surface area contributed by atoms with Crippen molar-refractivity contribution in [1.29, 1.82) is 0 Å². The van der Waals surface area contributed by atoms with E-state index in [-0.39, 0.29) is 18.1 Å². The van der Waals surface area contributed by atoms with E-state index < -0.39 is 12.0 Å². The van der Waals surface area contributed by atoms with E-state index in [0.717, 1.165) is 22.0 Å². The number of amides is 1. The number of hydrogen-bond acceptors (Lipinski definition) is 5. The van der Waals surface area contributed by atoms with Crippen molar-refractivity contribution in [1.82, 2.24) is 15.6 Å². The molecule has 0 aliphatic rings. The van der Waals surface area contributed by atoms with Gasteiger partial charge in [-0.1, -0.05) is 24.3 Å². The van der Waals surface area contributed by atoms with Crippen LogP contribution in [0.5, 0.6) is 11.5 Å². The molecule has 1 aromatic heterocycles. The third-order valence-corrected chi connectivity index (χ3v) is 5.13. The lowest BCUT2D eigenvalue weighted by molar-refractivity contribution is -0.139. The number of carbonyl (C=O) groups excluding carboxylic acids is 1. The summed E-state index contributed by atoms with van der Waals surface area (Å²) in [4.78, 5) is 27.2. The molecular formula is C26H33N3O5. The van der Waals surface area contributed by atoms with Gasteiger partial charge < -0.3 is 30.2 Å². The van der Waals surface area contributed by atoms with Crippen molar-refractivity contribution in [2.45, 2.75) is 52.2 Å². The van der Waals surface area contributed by atoms with Gasteiger partial charge in [0.1, 0.15) is 6.04 Å². The van der Waals surface area contributed by atoms with Crippen LogP contribution in [0.1, 0.15) is 38.8 Å². The predicted molar refractivity (Wildman–Crippen MR) is 131 cm³/mol. The number of aliphatic carboxylic acids is 1. The molecule has 0 aliphatic carbocycles. The van der Waals surface area contributed by atoms with Crippen LogP contribution in [-0.2, 0) is 22.6 Å². The van der Waals surface area contributed by atoms with E-state index in [0.29, 0.717) is 31.1 Å². The molecule has 34 heavy (non-hydrogen) atoms. The van der Waals surface area contributed by atoms with Crippen molar-refractivity contribution >= 4 is 22.8 Å². The van der Waals surface area contributed by atoms with Gasteiger partial charge in [-0.2, -0.15) is 0 Å². The second-order valence-corrected chi connectivity index (χ2v) is 9.14. The summed E-state index contributed by atoms with van der Waals surface area (Å²) in [7, 11) is 0. The molecule has 1 heterocycles. The second-order valence-electron chi connectivity index (χ2n) is 9.14. The first-order valence-corrected chi connectivity index (χ1v) is 11.4. The number of nitrogens with one attached hydrogen (secondary N) is 3. The van der Waals surface area contributed by atoms with Gasteiger partial charge in [0.15, 0.2) is 18.1 Å². The number of hydrogen-bond donors (Lipinski definition) is 4. The fourth-order valence-electron chi connectivity index (χ4n) is 3.66. The molecule has 0 bridgehead atoms. The molecule has 8 heteroatoms. The summed E-state index contributed by atoms with van der Waals surface area (Å²) in [6.45, 7) is 8.22. The number of para-hydroxylation sites is 1. The SMILES string of the molecule is CCOc1cc(CN[C@@H](Cc2c[nH]c3ccccc23)C(=O)O)ccc1OCC(=O)NC(C)(C)C. The summed E-state index contributed by atoms with van der Waals surface area (Å²) in [6, 6.07) is 12.4. The summed E-state index contributed by atoms with van der Waals surface area (Å²) >= 11 is 0. The number of aromatic nitrogens is 1. The number of aromatic amines is 1. The van der Waals surface area contributed by atoms with E-state index in [1.165, 1.54) is 0 Å². The number of carboxylic acid groups (broad SMARTS) is 1. The Morgan fingerprint density at radius 1 is 1.09 bits per heavy atom. The Morgan fingerprint density at radius 3 is 2.56 bits per heavy atom. The zero-order valence-corrected chi connectivity index (χ0v) is 20.1. The highest BCUT2D eigenvalue weighted by molar-refractivity contribution is 5.84. The molecule has 0 spiro atoms. The smallest absolute Gasteiger partial charge is 0.321 e. The van der Waals surface area contributed by atoms with Crippen molar-refractivity contribution in [2.75, 3.05) is 13.2 Å². The largest absolute Gasteiger partial charge is 0.490 e. The highest BCUT2D eigenvalue weighted by Gasteiger charge is 2.20. The number of ether oxygens (including phenoxy) is 2. The van der Waals surface area contributed by atoms with Crippen LogP contribution in [0.15, 0.2) is 48.7 Å². The molecule has 1 atom stereocenters. The molecule has 8 nitrogen and oxygen atoms in total. The Bertz CT molecular complexity index is 1130. The monoisotopic (exact) mass is 467 g/mol. The number of fused-ring (bicyclic) bond motifs is 1. The molecule has 0 saturated heterocycles.